The zero-order chi connectivity index (χ0) is 19.1. The number of aromatic nitrogens is 1. The maximum absolute atomic E-state index is 12.1. The van der Waals surface area contributed by atoms with Crippen LogP contribution in [0.3, 0.4) is 0 Å². The van der Waals surface area contributed by atoms with Gasteiger partial charge >= 0.3 is 0 Å². The first kappa shape index (κ1) is 19.1. The Kier molecular flexibility index (Phi) is 6.62. The Balaban J connectivity index is 1.49. The van der Waals surface area contributed by atoms with Crippen LogP contribution in [0.1, 0.15) is 16.1 Å². The fourth-order valence-corrected chi connectivity index (χ4v) is 4.06. The monoisotopic (exact) mass is 397 g/mol. The predicted molar refractivity (Wildman–Crippen MR) is 112 cm³/mol. The minimum atomic E-state index is -0.182. The molecule has 138 valence electrons. The lowest BCUT2D eigenvalue weighted by Crippen LogP contribution is -2.19. The second-order valence-electron chi connectivity index (χ2n) is 5.71. The zero-order valence-corrected chi connectivity index (χ0v) is 16.4. The van der Waals surface area contributed by atoms with Crippen LogP contribution in [0, 0.1) is 0 Å². The van der Waals surface area contributed by atoms with Crippen molar-refractivity contribution >= 4 is 40.6 Å². The fraction of sp³-hybridized carbons (Fsp3) is 0.150. The minimum absolute atomic E-state index is 0.104. The molecular formula is C20H19N3O2S2. The smallest absolute Gasteiger partial charge is 0.251 e. The number of hydrogen-bond donors (Lipinski definition) is 2. The quantitative estimate of drug-likeness (QED) is 0.631. The summed E-state index contributed by atoms with van der Waals surface area (Å²) in [6.45, 7) is 0. The van der Waals surface area contributed by atoms with Gasteiger partial charge in [-0.15, -0.1) is 23.1 Å². The maximum atomic E-state index is 12.1. The Labute approximate surface area is 166 Å². The van der Waals surface area contributed by atoms with E-state index in [0.29, 0.717) is 22.8 Å². The molecule has 2 aromatic carbocycles. The van der Waals surface area contributed by atoms with Gasteiger partial charge in [-0.25, -0.2) is 4.98 Å². The number of nitrogens with zero attached hydrogens (tertiary/aromatic N) is 1. The SMILES string of the molecule is CNC(=O)c1cccc(NC(=O)CSCc2csc(-c3ccccc3)n2)c1. The predicted octanol–water partition coefficient (Wildman–Crippen LogP) is 4.04. The molecule has 2 amide bonds. The van der Waals surface area contributed by atoms with Gasteiger partial charge in [-0.05, 0) is 18.2 Å². The van der Waals surface area contributed by atoms with E-state index in [1.807, 2.05) is 35.7 Å². The molecule has 3 rings (SSSR count). The van der Waals surface area contributed by atoms with Gasteiger partial charge < -0.3 is 10.6 Å². The summed E-state index contributed by atoms with van der Waals surface area (Å²) in [5.41, 5.74) is 3.20. The number of carbonyl (C=O) groups excluding carboxylic acids is 2. The number of anilines is 1. The van der Waals surface area contributed by atoms with Crippen molar-refractivity contribution in [3.8, 4) is 10.6 Å². The molecule has 1 heterocycles. The molecule has 0 aliphatic rings. The Morgan fingerprint density at radius 1 is 1.11 bits per heavy atom. The lowest BCUT2D eigenvalue weighted by Gasteiger charge is -2.06. The zero-order valence-electron chi connectivity index (χ0n) is 14.8. The molecule has 5 nitrogen and oxygen atoms in total. The van der Waals surface area contributed by atoms with Crippen LogP contribution >= 0.6 is 23.1 Å². The molecule has 0 spiro atoms. The minimum Gasteiger partial charge on any atom is -0.355 e. The van der Waals surface area contributed by atoms with Gasteiger partial charge in [-0.1, -0.05) is 36.4 Å². The van der Waals surface area contributed by atoms with Crippen molar-refractivity contribution < 1.29 is 9.59 Å². The molecule has 0 aliphatic heterocycles. The van der Waals surface area contributed by atoms with Crippen LogP contribution in [0.5, 0.6) is 0 Å². The first-order chi connectivity index (χ1) is 13.2. The molecule has 0 saturated carbocycles. The Bertz CT molecular complexity index is 926. The van der Waals surface area contributed by atoms with Crippen molar-refractivity contribution in [1.82, 2.24) is 10.3 Å². The van der Waals surface area contributed by atoms with E-state index >= 15 is 0 Å². The molecule has 3 aromatic rings. The number of hydrogen-bond acceptors (Lipinski definition) is 5. The number of carbonyl (C=O) groups is 2. The first-order valence-corrected chi connectivity index (χ1v) is 10.4. The third-order valence-corrected chi connectivity index (χ3v) is 5.60. The van der Waals surface area contributed by atoms with Gasteiger partial charge in [0.25, 0.3) is 5.91 Å². The molecule has 0 bridgehead atoms. The molecule has 0 radical (unpaired) electrons. The average Bonchev–Trinajstić information content (AvgIpc) is 3.17. The largest absolute Gasteiger partial charge is 0.355 e. The molecule has 0 aliphatic carbocycles. The topological polar surface area (TPSA) is 71.1 Å². The van der Waals surface area contributed by atoms with Gasteiger partial charge in [0.05, 0.1) is 11.4 Å². The number of nitrogens with one attached hydrogen (secondary N) is 2. The summed E-state index contributed by atoms with van der Waals surface area (Å²) in [7, 11) is 1.58. The van der Waals surface area contributed by atoms with E-state index in [1.54, 1.807) is 42.6 Å². The normalized spacial score (nSPS) is 10.4. The number of amides is 2. The van der Waals surface area contributed by atoms with Crippen molar-refractivity contribution in [2.75, 3.05) is 18.1 Å². The molecule has 0 saturated heterocycles. The van der Waals surface area contributed by atoms with E-state index in [1.165, 1.54) is 11.8 Å². The van der Waals surface area contributed by atoms with E-state index in [-0.39, 0.29) is 11.8 Å². The van der Waals surface area contributed by atoms with Gasteiger partial charge in [0.1, 0.15) is 5.01 Å². The molecule has 0 atom stereocenters. The molecular weight excluding hydrogens is 378 g/mol. The lowest BCUT2D eigenvalue weighted by molar-refractivity contribution is -0.113. The second kappa shape index (κ2) is 9.34. The Morgan fingerprint density at radius 3 is 2.70 bits per heavy atom. The lowest BCUT2D eigenvalue weighted by atomic mass is 10.2. The standard InChI is InChI=1S/C20H19N3O2S2/c1-21-19(25)15-8-5-9-16(10-15)22-18(24)13-26-11-17-12-27-20(23-17)14-6-3-2-4-7-14/h2-10,12H,11,13H2,1H3,(H,21,25)(H,22,24). The van der Waals surface area contributed by atoms with Gasteiger partial charge in [-0.3, -0.25) is 9.59 Å². The van der Waals surface area contributed by atoms with E-state index in [2.05, 4.69) is 15.6 Å². The van der Waals surface area contributed by atoms with Crippen molar-refractivity contribution in [3.05, 3.63) is 71.2 Å². The van der Waals surface area contributed by atoms with Crippen LogP contribution < -0.4 is 10.6 Å². The highest BCUT2D eigenvalue weighted by Crippen LogP contribution is 2.25. The molecule has 27 heavy (non-hydrogen) atoms. The van der Waals surface area contributed by atoms with Gasteiger partial charge in [0.2, 0.25) is 5.91 Å². The van der Waals surface area contributed by atoms with Gasteiger partial charge in [0.15, 0.2) is 0 Å². The van der Waals surface area contributed by atoms with Crippen molar-refractivity contribution in [2.45, 2.75) is 5.75 Å². The average molecular weight is 398 g/mol. The number of thiazole rings is 1. The fourth-order valence-electron chi connectivity index (χ4n) is 2.41. The van der Waals surface area contributed by atoms with E-state index in [9.17, 15) is 9.59 Å². The van der Waals surface area contributed by atoms with Gasteiger partial charge in [-0.2, -0.15) is 0 Å². The number of rotatable bonds is 7. The third kappa shape index (κ3) is 5.42. The highest BCUT2D eigenvalue weighted by molar-refractivity contribution is 7.99. The summed E-state index contributed by atoms with van der Waals surface area (Å²) in [6.07, 6.45) is 0. The molecule has 0 unspecified atom stereocenters. The Hall–Kier alpha value is -2.64. The molecule has 0 fully saturated rings. The summed E-state index contributed by atoms with van der Waals surface area (Å²) < 4.78 is 0. The van der Waals surface area contributed by atoms with E-state index < -0.39 is 0 Å². The number of thioether (sulfide) groups is 1. The Morgan fingerprint density at radius 2 is 1.93 bits per heavy atom. The summed E-state index contributed by atoms with van der Waals surface area (Å²) in [5, 5.41) is 8.40. The van der Waals surface area contributed by atoms with Crippen LogP contribution in [0.2, 0.25) is 0 Å². The summed E-state index contributed by atoms with van der Waals surface area (Å²) in [5.74, 6) is 0.711. The van der Waals surface area contributed by atoms with E-state index in [4.69, 9.17) is 0 Å². The van der Waals surface area contributed by atoms with Gasteiger partial charge in [0, 0.05) is 35.0 Å². The highest BCUT2D eigenvalue weighted by atomic mass is 32.2. The number of benzene rings is 2. The third-order valence-electron chi connectivity index (χ3n) is 3.69. The highest BCUT2D eigenvalue weighted by Gasteiger charge is 2.08. The summed E-state index contributed by atoms with van der Waals surface area (Å²) in [6, 6.07) is 16.9. The van der Waals surface area contributed by atoms with E-state index in [0.717, 1.165) is 16.3 Å². The van der Waals surface area contributed by atoms with Crippen LogP contribution in [-0.4, -0.2) is 29.6 Å². The van der Waals surface area contributed by atoms with Crippen LogP contribution in [-0.2, 0) is 10.5 Å². The van der Waals surface area contributed by atoms with Crippen molar-refractivity contribution in [2.24, 2.45) is 0 Å². The summed E-state index contributed by atoms with van der Waals surface area (Å²) >= 11 is 3.12. The summed E-state index contributed by atoms with van der Waals surface area (Å²) in [4.78, 5) is 28.4. The van der Waals surface area contributed by atoms with Crippen LogP contribution in [0.4, 0.5) is 5.69 Å². The maximum Gasteiger partial charge on any atom is 0.251 e. The molecule has 7 heteroatoms. The van der Waals surface area contributed by atoms with Crippen LogP contribution in [0.15, 0.2) is 60.0 Å². The molecule has 1 aromatic heterocycles. The van der Waals surface area contributed by atoms with Crippen molar-refractivity contribution in [3.63, 3.8) is 0 Å². The first-order valence-electron chi connectivity index (χ1n) is 8.35. The van der Waals surface area contributed by atoms with Crippen LogP contribution in [0.25, 0.3) is 10.6 Å². The molecule has 2 N–H and O–H groups in total. The van der Waals surface area contributed by atoms with Crippen molar-refractivity contribution in [1.29, 1.82) is 0 Å². The second-order valence-corrected chi connectivity index (χ2v) is 7.55.